The Labute approximate surface area is 170 Å². The van der Waals surface area contributed by atoms with Crippen molar-refractivity contribution >= 4 is 29.2 Å². The Kier molecular flexibility index (Phi) is 6.01. The molecule has 0 aliphatic carbocycles. The second kappa shape index (κ2) is 8.47. The van der Waals surface area contributed by atoms with Crippen molar-refractivity contribution < 1.29 is 19.1 Å². The monoisotopic (exact) mass is 394 g/mol. The van der Waals surface area contributed by atoms with Crippen molar-refractivity contribution in [3.05, 3.63) is 58.7 Å². The zero-order valence-electron chi connectivity index (χ0n) is 17.2. The number of aryl methyl sites for hydroxylation is 3. The molecule has 0 bridgehead atoms. The number of anilines is 2. The lowest BCUT2D eigenvalue weighted by Gasteiger charge is -2.20. The van der Waals surface area contributed by atoms with Gasteiger partial charge in [-0.2, -0.15) is 0 Å². The summed E-state index contributed by atoms with van der Waals surface area (Å²) in [6, 6.07) is 11.5. The standard InChI is InChI=1S/C23H26N2O4/c1-14-8-15(2)10-19(9-14)24-21(26)13-29-23(28)18-11-22(27)25(12-18)20-7-5-6-16(3)17(20)4/h5-10,18H,11-13H2,1-4H3,(H,24,26). The normalized spacial score (nSPS) is 16.1. The fourth-order valence-electron chi connectivity index (χ4n) is 3.62. The number of carbonyl (C=O) groups excluding carboxylic acids is 3. The molecule has 6 heteroatoms. The highest BCUT2D eigenvalue weighted by Crippen LogP contribution is 2.29. The zero-order valence-corrected chi connectivity index (χ0v) is 17.2. The van der Waals surface area contributed by atoms with Gasteiger partial charge >= 0.3 is 5.97 Å². The highest BCUT2D eigenvalue weighted by atomic mass is 16.5. The van der Waals surface area contributed by atoms with Crippen LogP contribution in [0.5, 0.6) is 0 Å². The zero-order chi connectivity index (χ0) is 21.1. The summed E-state index contributed by atoms with van der Waals surface area (Å²) in [6.45, 7) is 7.73. The first-order valence-corrected chi connectivity index (χ1v) is 9.66. The van der Waals surface area contributed by atoms with Crippen LogP contribution < -0.4 is 10.2 Å². The van der Waals surface area contributed by atoms with Crippen LogP contribution in [0.1, 0.15) is 28.7 Å². The van der Waals surface area contributed by atoms with Crippen LogP contribution in [0, 0.1) is 33.6 Å². The Balaban J connectivity index is 1.56. The summed E-state index contributed by atoms with van der Waals surface area (Å²) < 4.78 is 5.18. The van der Waals surface area contributed by atoms with Gasteiger partial charge in [-0.05, 0) is 68.1 Å². The largest absolute Gasteiger partial charge is 0.455 e. The van der Waals surface area contributed by atoms with Crippen molar-refractivity contribution in [2.24, 2.45) is 5.92 Å². The molecule has 0 radical (unpaired) electrons. The predicted octanol–water partition coefficient (Wildman–Crippen LogP) is 3.46. The second-order valence-corrected chi connectivity index (χ2v) is 7.66. The molecule has 3 rings (SSSR count). The van der Waals surface area contributed by atoms with Gasteiger partial charge in [0.25, 0.3) is 5.91 Å². The molecule has 0 saturated carbocycles. The van der Waals surface area contributed by atoms with Crippen LogP contribution in [0.3, 0.4) is 0 Å². The van der Waals surface area contributed by atoms with Gasteiger partial charge in [-0.15, -0.1) is 0 Å². The summed E-state index contributed by atoms with van der Waals surface area (Å²) in [6.07, 6.45) is 0.0882. The summed E-state index contributed by atoms with van der Waals surface area (Å²) in [5.41, 5.74) is 5.66. The van der Waals surface area contributed by atoms with Crippen molar-refractivity contribution in [1.82, 2.24) is 0 Å². The number of rotatable bonds is 5. The fourth-order valence-corrected chi connectivity index (χ4v) is 3.62. The summed E-state index contributed by atoms with van der Waals surface area (Å²) in [4.78, 5) is 38.6. The van der Waals surface area contributed by atoms with Crippen LogP contribution in [-0.2, 0) is 19.1 Å². The van der Waals surface area contributed by atoms with Crippen molar-refractivity contribution in [1.29, 1.82) is 0 Å². The molecule has 1 heterocycles. The molecular weight excluding hydrogens is 368 g/mol. The summed E-state index contributed by atoms with van der Waals surface area (Å²) >= 11 is 0. The molecule has 1 aliphatic rings. The predicted molar refractivity (Wildman–Crippen MR) is 112 cm³/mol. The molecule has 1 unspecified atom stereocenters. The smallest absolute Gasteiger partial charge is 0.311 e. The fraction of sp³-hybridized carbons (Fsp3) is 0.348. The number of esters is 1. The Morgan fingerprint density at radius 2 is 1.79 bits per heavy atom. The number of carbonyl (C=O) groups is 3. The molecule has 2 aromatic carbocycles. The van der Waals surface area contributed by atoms with Crippen molar-refractivity contribution in [3.8, 4) is 0 Å². The summed E-state index contributed by atoms with van der Waals surface area (Å²) in [5.74, 6) is -1.61. The van der Waals surface area contributed by atoms with E-state index in [9.17, 15) is 14.4 Å². The number of hydrogen-bond acceptors (Lipinski definition) is 4. The lowest BCUT2D eigenvalue weighted by molar-refractivity contribution is -0.151. The number of hydrogen-bond donors (Lipinski definition) is 1. The van der Waals surface area contributed by atoms with Gasteiger partial charge in [-0.25, -0.2) is 0 Å². The lowest BCUT2D eigenvalue weighted by atomic mass is 10.1. The van der Waals surface area contributed by atoms with Gasteiger partial charge < -0.3 is 15.0 Å². The minimum Gasteiger partial charge on any atom is -0.455 e. The van der Waals surface area contributed by atoms with E-state index in [1.165, 1.54) is 0 Å². The van der Waals surface area contributed by atoms with E-state index < -0.39 is 17.8 Å². The van der Waals surface area contributed by atoms with Crippen LogP contribution in [0.25, 0.3) is 0 Å². The Morgan fingerprint density at radius 1 is 1.10 bits per heavy atom. The first-order valence-electron chi connectivity index (χ1n) is 9.66. The third-order valence-electron chi connectivity index (χ3n) is 5.18. The van der Waals surface area contributed by atoms with Crippen LogP contribution in [0.15, 0.2) is 36.4 Å². The summed E-state index contributed by atoms with van der Waals surface area (Å²) in [7, 11) is 0. The maximum absolute atomic E-state index is 12.4. The van der Waals surface area contributed by atoms with E-state index in [4.69, 9.17) is 4.74 Å². The van der Waals surface area contributed by atoms with Gasteiger partial charge in [0, 0.05) is 24.3 Å². The first kappa shape index (κ1) is 20.6. The quantitative estimate of drug-likeness (QED) is 0.788. The number of benzene rings is 2. The number of ether oxygens (including phenoxy) is 1. The molecule has 1 aliphatic heterocycles. The molecule has 0 aromatic heterocycles. The van der Waals surface area contributed by atoms with E-state index in [1.807, 2.05) is 64.1 Å². The van der Waals surface area contributed by atoms with Gasteiger partial charge in [-0.1, -0.05) is 18.2 Å². The maximum atomic E-state index is 12.4. The van der Waals surface area contributed by atoms with Gasteiger partial charge in [0.1, 0.15) is 0 Å². The van der Waals surface area contributed by atoms with Crippen molar-refractivity contribution in [3.63, 3.8) is 0 Å². The average molecular weight is 394 g/mol. The van der Waals surface area contributed by atoms with Crippen LogP contribution in [0.2, 0.25) is 0 Å². The molecular formula is C23H26N2O4. The van der Waals surface area contributed by atoms with E-state index in [2.05, 4.69) is 5.32 Å². The maximum Gasteiger partial charge on any atom is 0.311 e. The molecule has 2 aromatic rings. The van der Waals surface area contributed by atoms with Crippen LogP contribution in [-0.4, -0.2) is 30.9 Å². The Hall–Kier alpha value is -3.15. The van der Waals surface area contributed by atoms with E-state index in [-0.39, 0.29) is 25.5 Å². The minimum absolute atomic E-state index is 0.0882. The SMILES string of the molecule is Cc1cc(C)cc(NC(=O)COC(=O)C2CC(=O)N(c3cccc(C)c3C)C2)c1. The first-order chi connectivity index (χ1) is 13.7. The Morgan fingerprint density at radius 3 is 2.48 bits per heavy atom. The highest BCUT2D eigenvalue weighted by molar-refractivity contribution is 6.00. The molecule has 1 N–H and O–H groups in total. The molecule has 6 nitrogen and oxygen atoms in total. The van der Waals surface area contributed by atoms with E-state index in [0.717, 1.165) is 27.9 Å². The molecule has 29 heavy (non-hydrogen) atoms. The minimum atomic E-state index is -0.573. The van der Waals surface area contributed by atoms with E-state index in [1.54, 1.807) is 4.90 Å². The Bertz CT molecular complexity index is 947. The number of amides is 2. The molecule has 1 saturated heterocycles. The molecule has 1 fully saturated rings. The van der Waals surface area contributed by atoms with E-state index >= 15 is 0 Å². The lowest BCUT2D eigenvalue weighted by Crippen LogP contribution is -2.28. The number of nitrogens with one attached hydrogen (secondary N) is 1. The third-order valence-corrected chi connectivity index (χ3v) is 5.18. The van der Waals surface area contributed by atoms with Crippen molar-refractivity contribution in [2.75, 3.05) is 23.4 Å². The van der Waals surface area contributed by atoms with Gasteiger partial charge in [0.2, 0.25) is 5.91 Å². The van der Waals surface area contributed by atoms with Gasteiger partial charge in [0.15, 0.2) is 6.61 Å². The summed E-state index contributed by atoms with van der Waals surface area (Å²) in [5, 5.41) is 2.73. The average Bonchev–Trinajstić information content (AvgIpc) is 3.03. The van der Waals surface area contributed by atoms with Crippen LogP contribution >= 0.6 is 0 Å². The molecule has 0 spiro atoms. The third kappa shape index (κ3) is 4.83. The number of nitrogens with zero attached hydrogens (tertiary/aromatic N) is 1. The van der Waals surface area contributed by atoms with Crippen LogP contribution in [0.4, 0.5) is 11.4 Å². The van der Waals surface area contributed by atoms with Gasteiger partial charge in [-0.3, -0.25) is 14.4 Å². The topological polar surface area (TPSA) is 75.7 Å². The van der Waals surface area contributed by atoms with Gasteiger partial charge in [0.05, 0.1) is 5.92 Å². The second-order valence-electron chi connectivity index (χ2n) is 7.66. The molecule has 1 atom stereocenters. The highest BCUT2D eigenvalue weighted by Gasteiger charge is 2.37. The molecule has 152 valence electrons. The van der Waals surface area contributed by atoms with Crippen molar-refractivity contribution in [2.45, 2.75) is 34.1 Å². The van der Waals surface area contributed by atoms with E-state index in [0.29, 0.717) is 5.69 Å². The molecule has 2 amide bonds.